The number of ether oxygens (including phenoxy) is 5. The highest BCUT2D eigenvalue weighted by Crippen LogP contribution is 2.43. The van der Waals surface area contributed by atoms with E-state index in [1.165, 1.54) is 120 Å². The lowest BCUT2D eigenvalue weighted by molar-refractivity contribution is 0.00578. The van der Waals surface area contributed by atoms with Crippen LogP contribution in [-0.2, 0) is 59.2 Å². The number of fused-ring (bicyclic) bond motifs is 4. The summed E-state index contributed by atoms with van der Waals surface area (Å²) in [6.45, 7) is 26.5. The van der Waals surface area contributed by atoms with E-state index in [-0.39, 0.29) is 180 Å². The molecule has 9 amide bonds. The minimum atomic E-state index is -0.852. The van der Waals surface area contributed by atoms with Crippen LogP contribution in [0.1, 0.15) is 176 Å². The van der Waals surface area contributed by atoms with Gasteiger partial charge in [0.15, 0.2) is 0 Å². The Morgan fingerprint density at radius 3 is 1.14 bits per heavy atom. The predicted octanol–water partition coefficient (Wildman–Crippen LogP) is 15.0. The molecule has 0 spiro atoms. The molecule has 3 saturated heterocycles. The Balaban J connectivity index is 0.000000138. The smallest absolute Gasteiger partial charge is 0.443 e. The fraction of sp³-hybridized carbons (Fsp3) is 0.303. The van der Waals surface area contributed by atoms with Crippen LogP contribution in [0.5, 0.6) is 0 Å². The maximum atomic E-state index is 15.0. The lowest BCUT2D eigenvalue weighted by atomic mass is 9.85. The Hall–Kier alpha value is -16.6. The summed E-state index contributed by atoms with van der Waals surface area (Å²) in [6.07, 6.45) is 3.74. The number of carbonyl (C=O) groups is 9. The summed E-state index contributed by atoms with van der Waals surface area (Å²) in [6, 6.07) is 36.2. The minimum absolute atomic E-state index is 0.00660. The maximum absolute atomic E-state index is 15.0. The van der Waals surface area contributed by atoms with Crippen LogP contribution in [0.25, 0.3) is 78.8 Å². The summed E-state index contributed by atoms with van der Waals surface area (Å²) in [5.74, 6) is -4.68. The average molecular weight is 1970 g/mol. The van der Waals surface area contributed by atoms with Crippen LogP contribution < -0.4 is 10.9 Å². The van der Waals surface area contributed by atoms with E-state index in [1.54, 1.807) is 96.5 Å². The minimum Gasteiger partial charge on any atom is -0.443 e. The third-order valence-corrected chi connectivity index (χ3v) is 23.5. The predicted molar refractivity (Wildman–Crippen MR) is 503 cm³/mol. The molecule has 0 saturated carbocycles. The van der Waals surface area contributed by atoms with E-state index >= 15 is 0 Å². The highest BCUT2D eigenvalue weighted by atomic mass is 35.5. The standard InChI is InChI=1S/C27H25FN6O5.C22H17FN6O3.C22H18FN5O3.C19H15ClFN3O3.C9H15BN2O2/c1-27(2,3)39-26(37)33-15-21-23(24(33)35)17(13-20(30-21)22-16(14-29)5-4-6-18(22)28)19-7-8-34(31-19)25(36)32-9-11-38-12-10-32;23-15-3-1-2-13(11-24)19(15)17-10-14(20-18(26-17)12-25-21(20)30)16-4-5-29(27-16)22(31)28-6-8-32-9-7-28;1-22(2,3)31-21(30)28-11-17-19(20(28)29)13(15-7-8-25-27-15)9-16(26-17)18-12(10-24)5-4-6-14(18)23;1-19(2,3)27-18(26)24-9-14-16(17(24)25)11(20)7-13(23-14)15-10(8-22)5-4-6-12(15)21;1-8(2)9(3,4)14-10(13-8)7-5-6-11-12-7/h4-8,13H,9-12,15H2,1-3H3;1-5,10H,6-9,12H2,(H,25,30);4-9H,11H2,1-3H3,(H,25,27);4-7H,9H2,1-3H3;5-6H,1-4H3,(H,11,12). The van der Waals surface area contributed by atoms with Gasteiger partial charge in [0.25, 0.3) is 23.6 Å². The Kier molecular flexibility index (Phi) is 28.7. The topological polar surface area (TPSA) is 486 Å². The van der Waals surface area contributed by atoms with Gasteiger partial charge in [-0.05, 0) is 187 Å². The van der Waals surface area contributed by atoms with Gasteiger partial charge in [-0.1, -0.05) is 35.9 Å². The van der Waals surface area contributed by atoms with Gasteiger partial charge < -0.3 is 48.1 Å². The van der Waals surface area contributed by atoms with Crippen molar-refractivity contribution in [2.75, 3.05) is 52.6 Å². The van der Waals surface area contributed by atoms with Gasteiger partial charge in [0.2, 0.25) is 0 Å². The Morgan fingerprint density at radius 2 is 0.776 bits per heavy atom. The SMILES string of the molecule is CC(C)(C)OC(=O)N1Cc2nc(-c3c(F)cccc3C#N)cc(-c3ccn(C(=O)N4CCOCC4)n3)c2C1=O.CC(C)(C)OC(=O)N1Cc2nc(-c3c(F)cccc3C#N)cc(-c3ccn[nH]3)c2C1=O.CC(C)(C)OC(=O)N1Cc2nc(-c3c(F)cccc3C#N)cc(Cl)c2C1=O.CC1(C)OB(c2ccn[nH]2)OC1(C)C.N#Cc1cccc(F)c1-c1cc(-c2ccn(C(=O)N3CCOCC3)n2)c2c(n1)CNC2=O. The summed E-state index contributed by atoms with van der Waals surface area (Å²) in [5, 5.41) is 62.7. The number of H-pyrrole nitrogens is 2. The number of imide groups is 3. The summed E-state index contributed by atoms with van der Waals surface area (Å²) in [5.41, 5.74) is 2.89. The average Bonchev–Trinajstić information content (AvgIpc) is 1.61. The molecule has 3 fully saturated rings. The number of morpholine rings is 2. The molecule has 0 aliphatic carbocycles. The van der Waals surface area contributed by atoms with Crippen molar-refractivity contribution < 1.29 is 93.7 Å². The van der Waals surface area contributed by atoms with Gasteiger partial charge in [-0.25, -0.2) is 76.2 Å². The molecular formula is C99H90BClF4N22O16. The lowest BCUT2D eigenvalue weighted by Crippen LogP contribution is -2.43. The van der Waals surface area contributed by atoms with Crippen molar-refractivity contribution in [1.29, 1.82) is 21.0 Å². The van der Waals surface area contributed by atoms with Gasteiger partial charge in [0.05, 0.1) is 228 Å². The van der Waals surface area contributed by atoms with Crippen molar-refractivity contribution in [3.63, 3.8) is 0 Å². The molecule has 0 unspecified atom stereocenters. The van der Waals surface area contributed by atoms with Gasteiger partial charge in [-0.15, -0.1) is 0 Å². The van der Waals surface area contributed by atoms with E-state index in [1.807, 2.05) is 58.0 Å². The molecule has 0 radical (unpaired) electrons. The van der Waals surface area contributed by atoms with E-state index in [0.717, 1.165) is 25.0 Å². The Bertz CT molecular complexity index is 7280. The van der Waals surface area contributed by atoms with Crippen LogP contribution in [0.15, 0.2) is 146 Å². The first-order chi connectivity index (χ1) is 67.9. The highest BCUT2D eigenvalue weighted by molar-refractivity contribution is 6.61. The number of aromatic nitrogens is 12. The normalized spacial score (nSPS) is 15.3. The zero-order chi connectivity index (χ0) is 103. The van der Waals surface area contributed by atoms with Gasteiger partial charge >= 0.3 is 37.5 Å². The Morgan fingerprint density at radius 1 is 0.434 bits per heavy atom. The van der Waals surface area contributed by atoms with Gasteiger partial charge in [0.1, 0.15) is 40.1 Å². The maximum Gasteiger partial charge on any atom is 0.513 e. The molecule has 4 aromatic carbocycles. The number of hydrogen-bond donors (Lipinski definition) is 3. The third-order valence-electron chi connectivity index (χ3n) is 23.2. The molecule has 0 atom stereocenters. The fourth-order valence-corrected chi connectivity index (χ4v) is 16.2. The molecule has 7 aliphatic heterocycles. The van der Waals surface area contributed by atoms with Crippen LogP contribution in [0, 0.1) is 68.6 Å². The number of pyridine rings is 4. The van der Waals surface area contributed by atoms with Crippen molar-refractivity contribution in [2.45, 2.75) is 144 Å². The largest absolute Gasteiger partial charge is 0.513 e. The number of amides is 9. The number of hydrogen-bond acceptors (Lipinski definition) is 28. The molecule has 12 aromatic rings. The van der Waals surface area contributed by atoms with Crippen molar-refractivity contribution in [2.24, 2.45) is 0 Å². The highest BCUT2D eigenvalue weighted by Gasteiger charge is 2.53. The summed E-state index contributed by atoms with van der Waals surface area (Å²) in [7, 11) is -0.331. The van der Waals surface area contributed by atoms with Crippen LogP contribution in [0.3, 0.4) is 0 Å². The number of benzene rings is 4. The zero-order valence-electron chi connectivity index (χ0n) is 79.3. The summed E-state index contributed by atoms with van der Waals surface area (Å²) in [4.78, 5) is 139. The second kappa shape index (κ2) is 40.7. The van der Waals surface area contributed by atoms with Crippen LogP contribution in [-0.4, -0.2) is 226 Å². The van der Waals surface area contributed by atoms with Crippen molar-refractivity contribution in [1.82, 2.24) is 89.7 Å². The second-order valence-electron chi connectivity index (χ2n) is 37.0. The van der Waals surface area contributed by atoms with Crippen LogP contribution in [0.2, 0.25) is 5.02 Å². The van der Waals surface area contributed by atoms with Crippen molar-refractivity contribution >= 4 is 78.3 Å². The number of aromatic amines is 2. The van der Waals surface area contributed by atoms with Crippen LogP contribution >= 0.6 is 11.6 Å². The van der Waals surface area contributed by atoms with Crippen LogP contribution in [0.4, 0.5) is 41.5 Å². The zero-order valence-corrected chi connectivity index (χ0v) is 80.1. The monoisotopic (exact) mass is 1960 g/mol. The molecule has 7 aliphatic rings. The fourth-order valence-electron chi connectivity index (χ4n) is 15.9. The molecule has 730 valence electrons. The number of nitriles is 4. The molecular weight excluding hydrogens is 1880 g/mol. The Labute approximate surface area is 820 Å². The lowest BCUT2D eigenvalue weighted by Gasteiger charge is -2.32. The van der Waals surface area contributed by atoms with Crippen molar-refractivity contribution in [3.8, 4) is 103 Å². The quantitative estimate of drug-likeness (QED) is 0.0722. The molecule has 8 aromatic heterocycles. The number of carbonyl (C=O) groups excluding carboxylic acids is 9. The van der Waals surface area contributed by atoms with Gasteiger partial charge in [-0.2, -0.15) is 50.8 Å². The number of nitrogens with zero attached hydrogens (tertiary/aromatic N) is 19. The molecule has 0 bridgehead atoms. The van der Waals surface area contributed by atoms with E-state index in [9.17, 15) is 81.8 Å². The molecule has 143 heavy (non-hydrogen) atoms. The van der Waals surface area contributed by atoms with E-state index in [2.05, 4.69) is 55.8 Å². The molecule has 38 nitrogen and oxygen atoms in total. The molecule has 19 rings (SSSR count). The van der Waals surface area contributed by atoms with E-state index in [0.29, 0.717) is 86.4 Å². The van der Waals surface area contributed by atoms with Gasteiger partial charge in [0, 0.05) is 67.7 Å². The van der Waals surface area contributed by atoms with E-state index < -0.39 is 76.1 Å². The number of halogens is 5. The first kappa shape index (κ1) is 101. The number of nitrogens with one attached hydrogen (secondary N) is 3. The third kappa shape index (κ3) is 21.5. The second-order valence-corrected chi connectivity index (χ2v) is 37.4. The summed E-state index contributed by atoms with van der Waals surface area (Å²) < 4.78 is 99.1. The first-order valence-corrected chi connectivity index (χ1v) is 45.0. The first-order valence-electron chi connectivity index (χ1n) is 44.6. The molecule has 15 heterocycles. The summed E-state index contributed by atoms with van der Waals surface area (Å²) >= 11 is 6.23. The van der Waals surface area contributed by atoms with Crippen molar-refractivity contribution in [3.05, 3.63) is 242 Å². The van der Waals surface area contributed by atoms with Gasteiger partial charge in [-0.3, -0.25) is 29.4 Å². The van der Waals surface area contributed by atoms with E-state index in [4.69, 9.17) is 44.6 Å². The molecule has 3 N–H and O–H groups in total. The number of rotatable bonds is 8. The molecule has 44 heteroatoms.